The Morgan fingerprint density at radius 3 is 2.65 bits per heavy atom. The van der Waals surface area contributed by atoms with Gasteiger partial charge in [0.25, 0.3) is 0 Å². The van der Waals surface area contributed by atoms with Crippen LogP contribution in [0, 0.1) is 0 Å². The molecule has 0 saturated carbocycles. The van der Waals surface area contributed by atoms with Crippen molar-refractivity contribution in [1.29, 1.82) is 0 Å². The van der Waals surface area contributed by atoms with E-state index in [1.165, 1.54) is 0 Å². The molecule has 0 bridgehead atoms. The van der Waals surface area contributed by atoms with Crippen LogP contribution in [0.15, 0.2) is 0 Å². The molecule has 1 rings (SSSR count). The number of hydrogen-bond donors (Lipinski definition) is 4. The lowest BCUT2D eigenvalue weighted by molar-refractivity contribution is -0.142. The van der Waals surface area contributed by atoms with Gasteiger partial charge >= 0.3 is 11.8 Å². The molecule has 1 heterocycles. The maximum absolute atomic E-state index is 11.3. The summed E-state index contributed by atoms with van der Waals surface area (Å²) in [5.41, 5.74) is 5.15. The van der Waals surface area contributed by atoms with Crippen LogP contribution in [0.5, 0.6) is 0 Å². The van der Waals surface area contributed by atoms with Gasteiger partial charge < -0.3 is 16.4 Å². The van der Waals surface area contributed by atoms with Gasteiger partial charge in [0.1, 0.15) is 6.04 Å². The summed E-state index contributed by atoms with van der Waals surface area (Å²) in [4.78, 5) is 44.6. The molecule has 5 N–H and O–H groups in total. The van der Waals surface area contributed by atoms with E-state index in [1.807, 2.05) is 0 Å². The lowest BCUT2D eigenvalue weighted by atomic mass is 10.1. The molecule has 0 aliphatic carbocycles. The van der Waals surface area contributed by atoms with Crippen molar-refractivity contribution in [3.05, 3.63) is 0 Å². The zero-order valence-electron chi connectivity index (χ0n) is 9.12. The Hall–Kier alpha value is -1.96. The van der Waals surface area contributed by atoms with Gasteiger partial charge in [0.2, 0.25) is 11.8 Å². The number of amides is 4. The van der Waals surface area contributed by atoms with Gasteiger partial charge in [-0.25, -0.2) is 0 Å². The van der Waals surface area contributed by atoms with Crippen molar-refractivity contribution in [2.75, 3.05) is 13.1 Å². The molecule has 4 amide bonds. The molecule has 1 atom stereocenters. The highest BCUT2D eigenvalue weighted by Crippen LogP contribution is 2.03. The molecule has 0 radical (unpaired) electrons. The normalized spacial score (nSPS) is 19.5. The predicted octanol–water partition coefficient (Wildman–Crippen LogP) is -3.02. The molecule has 0 aromatic rings. The van der Waals surface area contributed by atoms with E-state index in [1.54, 1.807) is 0 Å². The van der Waals surface area contributed by atoms with Crippen LogP contribution in [-0.2, 0) is 19.2 Å². The summed E-state index contributed by atoms with van der Waals surface area (Å²) in [6.07, 6.45) is 0.335. The highest BCUT2D eigenvalue weighted by Gasteiger charge is 2.29. The summed E-state index contributed by atoms with van der Waals surface area (Å²) in [6, 6.07) is -0.844. The number of nitrogens with one attached hydrogen (secondary N) is 3. The monoisotopic (exact) mass is 242 g/mol. The second-order valence-electron chi connectivity index (χ2n) is 3.52. The molecule has 0 aromatic heterocycles. The maximum atomic E-state index is 11.3. The number of carbonyl (C=O) groups excluding carboxylic acids is 4. The van der Waals surface area contributed by atoms with Crippen LogP contribution in [0.2, 0.25) is 0 Å². The third kappa shape index (κ3) is 3.83. The smallest absolute Gasteiger partial charge is 0.309 e. The van der Waals surface area contributed by atoms with Crippen molar-refractivity contribution in [2.24, 2.45) is 5.73 Å². The fourth-order valence-corrected chi connectivity index (χ4v) is 1.32. The minimum absolute atomic E-state index is 0.140. The van der Waals surface area contributed by atoms with Crippen LogP contribution in [0.25, 0.3) is 0 Å². The average molecular weight is 242 g/mol. The number of nitrogens with two attached hydrogens (primary N) is 1. The van der Waals surface area contributed by atoms with Gasteiger partial charge in [-0.1, -0.05) is 0 Å². The van der Waals surface area contributed by atoms with Crippen LogP contribution in [0.1, 0.15) is 12.8 Å². The molecule has 0 spiro atoms. The largest absolute Gasteiger partial charge is 0.347 e. The SMILES string of the molecule is NCCNC(=O)C(=O)NC1CCC(=O)NC1=O. The van der Waals surface area contributed by atoms with Crippen molar-refractivity contribution in [3.63, 3.8) is 0 Å². The molecule has 8 heteroatoms. The van der Waals surface area contributed by atoms with Crippen molar-refractivity contribution < 1.29 is 19.2 Å². The van der Waals surface area contributed by atoms with E-state index in [4.69, 9.17) is 5.73 Å². The first-order valence-electron chi connectivity index (χ1n) is 5.17. The van der Waals surface area contributed by atoms with Gasteiger partial charge in [-0.3, -0.25) is 24.5 Å². The van der Waals surface area contributed by atoms with E-state index in [0.29, 0.717) is 0 Å². The van der Waals surface area contributed by atoms with Gasteiger partial charge in [0.05, 0.1) is 0 Å². The average Bonchev–Trinajstić information content (AvgIpc) is 2.29. The molecular formula is C9H14N4O4. The second kappa shape index (κ2) is 5.94. The van der Waals surface area contributed by atoms with Crippen LogP contribution in [0.4, 0.5) is 0 Å². The van der Waals surface area contributed by atoms with E-state index in [0.717, 1.165) is 0 Å². The quantitative estimate of drug-likeness (QED) is 0.309. The van der Waals surface area contributed by atoms with Crippen molar-refractivity contribution >= 4 is 23.6 Å². The third-order valence-electron chi connectivity index (χ3n) is 2.18. The molecule has 1 aliphatic heterocycles. The van der Waals surface area contributed by atoms with E-state index >= 15 is 0 Å². The molecule has 17 heavy (non-hydrogen) atoms. The molecule has 1 aliphatic rings. The topological polar surface area (TPSA) is 130 Å². The third-order valence-corrected chi connectivity index (χ3v) is 2.18. The van der Waals surface area contributed by atoms with E-state index in [9.17, 15) is 19.2 Å². The summed E-state index contributed by atoms with van der Waals surface area (Å²) in [7, 11) is 0. The first kappa shape index (κ1) is 13.1. The zero-order chi connectivity index (χ0) is 12.8. The van der Waals surface area contributed by atoms with Crippen molar-refractivity contribution in [3.8, 4) is 0 Å². The van der Waals surface area contributed by atoms with Gasteiger partial charge in [-0.15, -0.1) is 0 Å². The second-order valence-corrected chi connectivity index (χ2v) is 3.52. The van der Waals surface area contributed by atoms with Crippen LogP contribution >= 0.6 is 0 Å². The number of hydrogen-bond acceptors (Lipinski definition) is 5. The fourth-order valence-electron chi connectivity index (χ4n) is 1.32. The first-order chi connectivity index (χ1) is 8.04. The van der Waals surface area contributed by atoms with Gasteiger partial charge in [0, 0.05) is 19.5 Å². The summed E-state index contributed by atoms with van der Waals surface area (Å²) in [5, 5.41) is 6.58. The molecular weight excluding hydrogens is 228 g/mol. The zero-order valence-corrected chi connectivity index (χ0v) is 9.12. The lowest BCUT2D eigenvalue weighted by Gasteiger charge is -2.21. The Balaban J connectivity index is 2.43. The summed E-state index contributed by atoms with van der Waals surface area (Å²) in [6.45, 7) is 0.402. The van der Waals surface area contributed by atoms with Crippen LogP contribution in [-0.4, -0.2) is 42.8 Å². The Kier molecular flexibility index (Phi) is 4.58. The van der Waals surface area contributed by atoms with Crippen molar-refractivity contribution in [1.82, 2.24) is 16.0 Å². The predicted molar refractivity (Wildman–Crippen MR) is 56.4 cm³/mol. The Morgan fingerprint density at radius 1 is 1.35 bits per heavy atom. The van der Waals surface area contributed by atoms with E-state index in [2.05, 4.69) is 16.0 Å². The lowest BCUT2D eigenvalue weighted by Crippen LogP contribution is -2.55. The van der Waals surface area contributed by atoms with Crippen molar-refractivity contribution in [2.45, 2.75) is 18.9 Å². The highest BCUT2D eigenvalue weighted by atomic mass is 16.2. The minimum atomic E-state index is -0.909. The maximum Gasteiger partial charge on any atom is 0.309 e. The molecule has 1 fully saturated rings. The number of imide groups is 1. The van der Waals surface area contributed by atoms with Gasteiger partial charge in [0.15, 0.2) is 0 Å². The van der Waals surface area contributed by atoms with E-state index < -0.39 is 23.8 Å². The number of carbonyl (C=O) groups is 4. The summed E-state index contributed by atoms with van der Waals surface area (Å²) >= 11 is 0. The van der Waals surface area contributed by atoms with Crippen LogP contribution < -0.4 is 21.7 Å². The summed E-state index contributed by atoms with van der Waals surface area (Å²) in [5.74, 6) is -2.73. The molecule has 94 valence electrons. The minimum Gasteiger partial charge on any atom is -0.347 e. The summed E-state index contributed by atoms with van der Waals surface area (Å²) < 4.78 is 0. The Labute approximate surface area is 97.3 Å². The standard InChI is InChI=1S/C9H14N4O4/c10-3-4-11-8(16)9(17)12-5-1-2-6(14)13-7(5)15/h5H,1-4,10H2,(H,11,16)(H,12,17)(H,13,14,15). The fraction of sp³-hybridized carbons (Fsp3) is 0.556. The highest BCUT2D eigenvalue weighted by molar-refractivity contribution is 6.35. The molecule has 1 unspecified atom stereocenters. The molecule has 0 aromatic carbocycles. The van der Waals surface area contributed by atoms with Gasteiger partial charge in [-0.2, -0.15) is 0 Å². The van der Waals surface area contributed by atoms with Gasteiger partial charge in [-0.05, 0) is 6.42 Å². The Bertz CT molecular complexity index is 355. The van der Waals surface area contributed by atoms with Crippen LogP contribution in [0.3, 0.4) is 0 Å². The molecule has 8 nitrogen and oxygen atoms in total. The number of rotatable bonds is 3. The van der Waals surface area contributed by atoms with E-state index in [-0.39, 0.29) is 31.8 Å². The number of piperidine rings is 1. The Morgan fingerprint density at radius 2 is 2.06 bits per heavy atom. The first-order valence-corrected chi connectivity index (χ1v) is 5.17. The molecule has 1 saturated heterocycles.